The number of aromatic nitrogens is 1. The Hall–Kier alpha value is -2.23. The number of carbonyl (C=O) groups is 1. The minimum Gasteiger partial charge on any atom is -0.465 e. The van der Waals surface area contributed by atoms with E-state index in [0.717, 1.165) is 19.2 Å². The van der Waals surface area contributed by atoms with Crippen LogP contribution in [0.25, 0.3) is 0 Å². The first-order valence-corrected chi connectivity index (χ1v) is 4.02. The van der Waals surface area contributed by atoms with Crippen LogP contribution < -0.4 is 4.74 Å². The van der Waals surface area contributed by atoms with Crippen LogP contribution in [0.4, 0.5) is 8.78 Å². The summed E-state index contributed by atoms with van der Waals surface area (Å²) in [6, 6.07) is 3.70. The van der Waals surface area contributed by atoms with Gasteiger partial charge in [-0.2, -0.15) is 14.0 Å². The smallest absolute Gasteiger partial charge is 0.388 e. The zero-order valence-corrected chi connectivity index (χ0v) is 8.11. The lowest BCUT2D eigenvalue weighted by molar-refractivity contribution is -0.0529. The van der Waals surface area contributed by atoms with Gasteiger partial charge < -0.3 is 9.47 Å². The van der Waals surface area contributed by atoms with Gasteiger partial charge in [0.1, 0.15) is 11.8 Å². The predicted octanol–water partition coefficient (Wildman–Crippen LogP) is 1.34. The van der Waals surface area contributed by atoms with Crippen molar-refractivity contribution in [1.29, 1.82) is 5.26 Å². The monoisotopic (exact) mass is 228 g/mol. The predicted molar refractivity (Wildman–Crippen MR) is 46.9 cm³/mol. The Morgan fingerprint density at radius 2 is 2.25 bits per heavy atom. The van der Waals surface area contributed by atoms with Crippen molar-refractivity contribution in [3.8, 4) is 11.9 Å². The number of nitrogens with zero attached hydrogens (tertiary/aromatic N) is 2. The average Bonchev–Trinajstić information content (AvgIpc) is 2.26. The molecule has 0 fully saturated rings. The minimum atomic E-state index is -3.08. The first kappa shape index (κ1) is 11.8. The number of carbonyl (C=O) groups excluding carboxylic acids is 1. The van der Waals surface area contributed by atoms with E-state index in [4.69, 9.17) is 5.26 Å². The Bertz CT molecular complexity index is 443. The van der Waals surface area contributed by atoms with Gasteiger partial charge in [-0.05, 0) is 6.07 Å². The summed E-state index contributed by atoms with van der Waals surface area (Å²) in [5.74, 6) is -1.27. The van der Waals surface area contributed by atoms with Crippen molar-refractivity contribution in [3.05, 3.63) is 23.4 Å². The highest BCUT2D eigenvalue weighted by Gasteiger charge is 2.13. The first-order chi connectivity index (χ1) is 7.56. The van der Waals surface area contributed by atoms with Crippen LogP contribution in [0.2, 0.25) is 0 Å². The van der Waals surface area contributed by atoms with Crippen molar-refractivity contribution in [3.63, 3.8) is 0 Å². The SMILES string of the molecule is COC(=O)c1cc(C#N)nc(OC(F)F)c1. The Kier molecular flexibility index (Phi) is 3.72. The maximum absolute atomic E-state index is 11.9. The topological polar surface area (TPSA) is 72.2 Å². The summed E-state index contributed by atoms with van der Waals surface area (Å²) in [6.07, 6.45) is 0. The number of methoxy groups -OCH3 is 1. The van der Waals surface area contributed by atoms with Crippen molar-refractivity contribution < 1.29 is 23.0 Å². The molecule has 1 heterocycles. The third kappa shape index (κ3) is 2.88. The van der Waals surface area contributed by atoms with Gasteiger partial charge in [0, 0.05) is 6.07 Å². The van der Waals surface area contributed by atoms with E-state index in [1.807, 2.05) is 0 Å². The first-order valence-electron chi connectivity index (χ1n) is 4.02. The van der Waals surface area contributed by atoms with Gasteiger partial charge in [0.15, 0.2) is 0 Å². The summed E-state index contributed by atoms with van der Waals surface area (Å²) in [7, 11) is 1.13. The highest BCUT2D eigenvalue weighted by atomic mass is 19.3. The highest BCUT2D eigenvalue weighted by Crippen LogP contribution is 2.15. The standard InChI is InChI=1S/C9H6F2N2O3/c1-15-8(14)5-2-6(4-12)13-7(3-5)16-9(10)11/h2-3,9H,1H3. The molecule has 5 nitrogen and oxygen atoms in total. The molecule has 0 saturated heterocycles. The largest absolute Gasteiger partial charge is 0.465 e. The van der Waals surface area contributed by atoms with Crippen LogP contribution in [0.5, 0.6) is 5.88 Å². The number of hydrogen-bond donors (Lipinski definition) is 0. The quantitative estimate of drug-likeness (QED) is 0.730. The molecule has 7 heteroatoms. The van der Waals surface area contributed by atoms with Crippen LogP contribution in [0.1, 0.15) is 16.1 Å². The van der Waals surface area contributed by atoms with E-state index in [-0.39, 0.29) is 11.3 Å². The molecule has 0 radical (unpaired) electrons. The summed E-state index contributed by atoms with van der Waals surface area (Å²) < 4.78 is 32.2. The number of pyridine rings is 1. The molecule has 0 aromatic carbocycles. The minimum absolute atomic E-state index is 0.0790. The highest BCUT2D eigenvalue weighted by molar-refractivity contribution is 5.89. The van der Waals surface area contributed by atoms with E-state index in [9.17, 15) is 13.6 Å². The third-order valence-electron chi connectivity index (χ3n) is 1.55. The van der Waals surface area contributed by atoms with E-state index in [0.29, 0.717) is 0 Å². The molecule has 0 atom stereocenters. The fourth-order valence-electron chi connectivity index (χ4n) is 0.950. The van der Waals surface area contributed by atoms with Crippen molar-refractivity contribution in [1.82, 2.24) is 4.98 Å². The van der Waals surface area contributed by atoms with Gasteiger partial charge in [0.05, 0.1) is 12.7 Å². The number of hydrogen-bond acceptors (Lipinski definition) is 5. The van der Waals surface area contributed by atoms with Crippen LogP contribution in [0.3, 0.4) is 0 Å². The number of esters is 1. The second-order valence-corrected chi connectivity index (χ2v) is 2.56. The van der Waals surface area contributed by atoms with Gasteiger partial charge in [-0.15, -0.1) is 0 Å². The number of halogens is 2. The van der Waals surface area contributed by atoms with E-state index in [1.165, 1.54) is 0 Å². The third-order valence-corrected chi connectivity index (χ3v) is 1.55. The number of rotatable bonds is 3. The van der Waals surface area contributed by atoms with Crippen LogP contribution in [-0.4, -0.2) is 24.7 Å². The maximum Gasteiger partial charge on any atom is 0.388 e. The van der Waals surface area contributed by atoms with Gasteiger partial charge in [-0.1, -0.05) is 0 Å². The van der Waals surface area contributed by atoms with Gasteiger partial charge in [-0.3, -0.25) is 0 Å². The molecule has 1 rings (SSSR count). The average molecular weight is 228 g/mol. The van der Waals surface area contributed by atoms with Gasteiger partial charge in [0.25, 0.3) is 0 Å². The molecule has 0 aliphatic carbocycles. The normalized spacial score (nSPS) is 9.69. The van der Waals surface area contributed by atoms with E-state index in [1.54, 1.807) is 6.07 Å². The molecule has 84 valence electrons. The molecule has 1 aromatic rings. The molecule has 0 aliphatic rings. The molecule has 0 amide bonds. The summed E-state index contributed by atoms with van der Waals surface area (Å²) in [4.78, 5) is 14.6. The lowest BCUT2D eigenvalue weighted by Gasteiger charge is -2.05. The van der Waals surface area contributed by atoms with Crippen molar-refractivity contribution in [2.75, 3.05) is 7.11 Å². The molecule has 0 N–H and O–H groups in total. The fourth-order valence-corrected chi connectivity index (χ4v) is 0.950. The lowest BCUT2D eigenvalue weighted by Crippen LogP contribution is -2.08. The van der Waals surface area contributed by atoms with Crippen molar-refractivity contribution in [2.45, 2.75) is 6.61 Å². The summed E-state index contributed by atoms with van der Waals surface area (Å²) in [5, 5.41) is 8.57. The summed E-state index contributed by atoms with van der Waals surface area (Å²) in [6.45, 7) is -3.08. The lowest BCUT2D eigenvalue weighted by atomic mass is 10.2. The van der Waals surface area contributed by atoms with E-state index >= 15 is 0 Å². The Balaban J connectivity index is 3.11. The fraction of sp³-hybridized carbons (Fsp3) is 0.222. The Morgan fingerprint density at radius 1 is 1.56 bits per heavy atom. The molecule has 0 bridgehead atoms. The molecule has 16 heavy (non-hydrogen) atoms. The van der Waals surface area contributed by atoms with E-state index < -0.39 is 18.5 Å². The Labute approximate surface area is 89.2 Å². The van der Waals surface area contributed by atoms with Crippen LogP contribution in [-0.2, 0) is 4.74 Å². The van der Waals surface area contributed by atoms with E-state index in [2.05, 4.69) is 14.5 Å². The molecule has 0 spiro atoms. The molecular formula is C9H6F2N2O3. The molecule has 0 unspecified atom stereocenters. The van der Waals surface area contributed by atoms with Gasteiger partial charge in [-0.25, -0.2) is 9.78 Å². The number of ether oxygens (including phenoxy) is 2. The summed E-state index contributed by atoms with van der Waals surface area (Å²) >= 11 is 0. The van der Waals surface area contributed by atoms with Gasteiger partial charge in [0.2, 0.25) is 5.88 Å². The molecule has 0 saturated carbocycles. The molecular weight excluding hydrogens is 222 g/mol. The molecule has 0 aliphatic heterocycles. The second-order valence-electron chi connectivity index (χ2n) is 2.56. The van der Waals surface area contributed by atoms with Crippen LogP contribution >= 0.6 is 0 Å². The summed E-state index contributed by atoms with van der Waals surface area (Å²) in [5.41, 5.74) is -0.289. The van der Waals surface area contributed by atoms with Gasteiger partial charge >= 0.3 is 12.6 Å². The van der Waals surface area contributed by atoms with Crippen molar-refractivity contribution >= 4 is 5.97 Å². The zero-order chi connectivity index (χ0) is 12.1. The maximum atomic E-state index is 11.9. The zero-order valence-electron chi connectivity index (χ0n) is 8.11. The Morgan fingerprint density at radius 3 is 2.75 bits per heavy atom. The van der Waals surface area contributed by atoms with Crippen LogP contribution in [0.15, 0.2) is 12.1 Å². The second kappa shape index (κ2) is 5.02. The van der Waals surface area contributed by atoms with Crippen molar-refractivity contribution in [2.24, 2.45) is 0 Å². The number of alkyl halides is 2. The molecule has 1 aromatic heterocycles. The van der Waals surface area contributed by atoms with Crippen LogP contribution in [0, 0.1) is 11.3 Å². The number of nitriles is 1.